The largest absolute Gasteiger partial charge is 0.497 e. The summed E-state index contributed by atoms with van der Waals surface area (Å²) in [6.07, 6.45) is 5.51. The van der Waals surface area contributed by atoms with Crippen LogP contribution in [0.15, 0.2) is 59.7 Å². The predicted molar refractivity (Wildman–Crippen MR) is 96.2 cm³/mol. The van der Waals surface area contributed by atoms with Gasteiger partial charge in [0, 0.05) is 11.1 Å². The minimum absolute atomic E-state index is 0.140. The van der Waals surface area contributed by atoms with Crippen LogP contribution in [0.4, 0.5) is 0 Å². The maximum absolute atomic E-state index is 12.6. The third kappa shape index (κ3) is 3.57. The number of carbonyl (C=O) groups excluding carboxylic acids is 1. The predicted octanol–water partition coefficient (Wildman–Crippen LogP) is 4.53. The second-order valence-electron chi connectivity index (χ2n) is 5.71. The molecule has 0 amide bonds. The Labute approximate surface area is 142 Å². The summed E-state index contributed by atoms with van der Waals surface area (Å²) in [6, 6.07) is 15.5. The van der Waals surface area contributed by atoms with Crippen molar-refractivity contribution in [1.82, 2.24) is 0 Å². The van der Waals surface area contributed by atoms with Crippen LogP contribution in [-0.4, -0.2) is 20.0 Å². The first-order valence-corrected chi connectivity index (χ1v) is 7.93. The van der Waals surface area contributed by atoms with Gasteiger partial charge < -0.3 is 9.47 Å². The highest BCUT2D eigenvalue weighted by Gasteiger charge is 2.22. The molecule has 0 heterocycles. The van der Waals surface area contributed by atoms with Crippen molar-refractivity contribution in [3.63, 3.8) is 0 Å². The second-order valence-corrected chi connectivity index (χ2v) is 5.71. The number of methoxy groups -OCH3 is 2. The first-order chi connectivity index (χ1) is 11.7. The van der Waals surface area contributed by atoms with Crippen molar-refractivity contribution < 1.29 is 14.3 Å². The Morgan fingerprint density at radius 1 is 0.708 bits per heavy atom. The molecule has 3 heteroatoms. The van der Waals surface area contributed by atoms with Gasteiger partial charge in [-0.2, -0.15) is 0 Å². The van der Waals surface area contributed by atoms with Gasteiger partial charge in [0.25, 0.3) is 0 Å². The molecular formula is C21H20O3. The van der Waals surface area contributed by atoms with Gasteiger partial charge in [0.05, 0.1) is 14.2 Å². The number of Topliss-reactive ketones (excluding diaryl/α,β-unsaturated/α-hetero) is 1. The molecule has 0 spiro atoms. The summed E-state index contributed by atoms with van der Waals surface area (Å²) in [5.74, 6) is 1.77. The zero-order chi connectivity index (χ0) is 16.9. The lowest BCUT2D eigenvalue weighted by Crippen LogP contribution is -1.95. The Bertz CT molecular complexity index is 713. The molecule has 1 aliphatic rings. The first-order valence-electron chi connectivity index (χ1n) is 7.93. The summed E-state index contributed by atoms with van der Waals surface area (Å²) in [6.45, 7) is 0. The number of allylic oxidation sites excluding steroid dienone is 2. The average Bonchev–Trinajstić information content (AvgIpc) is 2.96. The summed E-state index contributed by atoms with van der Waals surface area (Å²) < 4.78 is 10.3. The van der Waals surface area contributed by atoms with E-state index in [0.717, 1.165) is 46.6 Å². The highest BCUT2D eigenvalue weighted by atomic mass is 16.5. The van der Waals surface area contributed by atoms with Crippen LogP contribution < -0.4 is 9.47 Å². The van der Waals surface area contributed by atoms with Crippen LogP contribution in [0.2, 0.25) is 0 Å². The molecule has 1 fully saturated rings. The molecule has 1 saturated carbocycles. The normalized spacial score (nSPS) is 17.5. The van der Waals surface area contributed by atoms with Crippen molar-refractivity contribution in [2.75, 3.05) is 14.2 Å². The fourth-order valence-corrected chi connectivity index (χ4v) is 2.78. The van der Waals surface area contributed by atoms with Gasteiger partial charge in [-0.1, -0.05) is 24.3 Å². The van der Waals surface area contributed by atoms with E-state index in [1.807, 2.05) is 60.7 Å². The molecule has 2 aromatic rings. The Morgan fingerprint density at radius 2 is 1.08 bits per heavy atom. The average molecular weight is 320 g/mol. The van der Waals surface area contributed by atoms with E-state index in [-0.39, 0.29) is 5.78 Å². The van der Waals surface area contributed by atoms with Gasteiger partial charge in [0.15, 0.2) is 5.78 Å². The van der Waals surface area contributed by atoms with E-state index < -0.39 is 0 Å². The van der Waals surface area contributed by atoms with E-state index in [1.165, 1.54) is 0 Å². The molecule has 3 rings (SSSR count). The summed E-state index contributed by atoms with van der Waals surface area (Å²) in [7, 11) is 3.29. The van der Waals surface area contributed by atoms with Gasteiger partial charge in [-0.25, -0.2) is 0 Å². The SMILES string of the molecule is COc1ccc(C=C2CC/C(=C\c3ccc(OC)cc3)C2=O)cc1. The van der Waals surface area contributed by atoms with Gasteiger partial charge >= 0.3 is 0 Å². The third-order valence-corrected chi connectivity index (χ3v) is 4.16. The summed E-state index contributed by atoms with van der Waals surface area (Å²) in [5, 5.41) is 0. The Morgan fingerprint density at radius 3 is 1.42 bits per heavy atom. The van der Waals surface area contributed by atoms with Crippen LogP contribution in [0.3, 0.4) is 0 Å². The van der Waals surface area contributed by atoms with Crippen molar-refractivity contribution in [2.24, 2.45) is 0 Å². The Hall–Kier alpha value is -2.81. The molecule has 0 radical (unpaired) electrons. The number of ketones is 1. The van der Waals surface area contributed by atoms with Crippen LogP contribution >= 0.6 is 0 Å². The minimum atomic E-state index is 0.140. The van der Waals surface area contributed by atoms with E-state index in [0.29, 0.717) is 0 Å². The summed E-state index contributed by atoms with van der Waals surface area (Å²) >= 11 is 0. The van der Waals surface area contributed by atoms with Gasteiger partial charge in [-0.15, -0.1) is 0 Å². The van der Waals surface area contributed by atoms with Gasteiger partial charge in [0.1, 0.15) is 11.5 Å². The lowest BCUT2D eigenvalue weighted by Gasteiger charge is -2.01. The smallest absolute Gasteiger partial charge is 0.185 e. The van der Waals surface area contributed by atoms with Crippen molar-refractivity contribution in [3.05, 3.63) is 70.8 Å². The number of rotatable bonds is 4. The molecule has 122 valence electrons. The maximum atomic E-state index is 12.6. The minimum Gasteiger partial charge on any atom is -0.497 e. The number of hydrogen-bond donors (Lipinski definition) is 0. The van der Waals surface area contributed by atoms with E-state index >= 15 is 0 Å². The van der Waals surface area contributed by atoms with Crippen LogP contribution in [0.5, 0.6) is 11.5 Å². The zero-order valence-electron chi connectivity index (χ0n) is 13.9. The number of hydrogen-bond acceptors (Lipinski definition) is 3. The first kappa shape index (κ1) is 16.1. The van der Waals surface area contributed by atoms with E-state index in [2.05, 4.69) is 0 Å². The van der Waals surface area contributed by atoms with Crippen LogP contribution in [0.25, 0.3) is 12.2 Å². The zero-order valence-corrected chi connectivity index (χ0v) is 13.9. The van der Waals surface area contributed by atoms with Gasteiger partial charge in [-0.05, 0) is 60.4 Å². The molecule has 0 bridgehead atoms. The van der Waals surface area contributed by atoms with Gasteiger partial charge in [-0.3, -0.25) is 4.79 Å². The van der Waals surface area contributed by atoms with Crippen molar-refractivity contribution in [2.45, 2.75) is 12.8 Å². The Kier molecular flexibility index (Phi) is 4.80. The fourth-order valence-electron chi connectivity index (χ4n) is 2.78. The molecule has 3 nitrogen and oxygen atoms in total. The quantitative estimate of drug-likeness (QED) is 0.776. The standard InChI is InChI=1S/C21H20O3/c1-23-19-9-3-15(4-10-19)13-17-7-8-18(21(17)22)14-16-5-11-20(24-2)12-6-16/h3-6,9-14H,7-8H2,1-2H3/b17-13+,18-14?. The molecule has 0 unspecified atom stereocenters. The molecule has 24 heavy (non-hydrogen) atoms. The molecule has 0 N–H and O–H groups in total. The highest BCUT2D eigenvalue weighted by Crippen LogP contribution is 2.30. The van der Waals surface area contributed by atoms with Crippen LogP contribution in [0, 0.1) is 0 Å². The van der Waals surface area contributed by atoms with Gasteiger partial charge in [0.2, 0.25) is 0 Å². The molecule has 0 atom stereocenters. The molecule has 2 aromatic carbocycles. The van der Waals surface area contributed by atoms with Crippen molar-refractivity contribution in [1.29, 1.82) is 0 Å². The lowest BCUT2D eigenvalue weighted by molar-refractivity contribution is -0.111. The fraction of sp³-hybridized carbons (Fsp3) is 0.190. The van der Waals surface area contributed by atoms with E-state index in [4.69, 9.17) is 9.47 Å². The molecule has 1 aliphatic carbocycles. The van der Waals surface area contributed by atoms with E-state index in [9.17, 15) is 4.79 Å². The third-order valence-electron chi connectivity index (χ3n) is 4.16. The van der Waals surface area contributed by atoms with Crippen LogP contribution in [0.1, 0.15) is 24.0 Å². The lowest BCUT2D eigenvalue weighted by atomic mass is 10.1. The number of ether oxygens (including phenoxy) is 2. The summed E-state index contributed by atoms with van der Waals surface area (Å²) in [5.41, 5.74) is 3.76. The molecular weight excluding hydrogens is 300 g/mol. The van der Waals surface area contributed by atoms with Crippen molar-refractivity contribution >= 4 is 17.9 Å². The molecule has 0 saturated heterocycles. The molecule has 0 aliphatic heterocycles. The number of benzene rings is 2. The topological polar surface area (TPSA) is 35.5 Å². The van der Waals surface area contributed by atoms with Crippen LogP contribution in [-0.2, 0) is 4.79 Å². The number of carbonyl (C=O) groups is 1. The Balaban J connectivity index is 1.78. The second kappa shape index (κ2) is 7.18. The highest BCUT2D eigenvalue weighted by molar-refractivity contribution is 6.15. The monoisotopic (exact) mass is 320 g/mol. The van der Waals surface area contributed by atoms with Crippen molar-refractivity contribution in [3.8, 4) is 11.5 Å². The molecule has 0 aromatic heterocycles. The van der Waals surface area contributed by atoms with E-state index in [1.54, 1.807) is 14.2 Å². The maximum Gasteiger partial charge on any atom is 0.185 e. The summed E-state index contributed by atoms with van der Waals surface area (Å²) in [4.78, 5) is 12.6.